The Balaban J connectivity index is 0.00000211. The molecule has 0 atom stereocenters. The molecule has 0 fully saturated rings. The fourth-order valence-corrected chi connectivity index (χ4v) is 1.42. The molecule has 22 heavy (non-hydrogen) atoms. The highest BCUT2D eigenvalue weighted by molar-refractivity contribution is 5.93. The summed E-state index contributed by atoms with van der Waals surface area (Å²) in [5, 5.41) is 0. The highest BCUT2D eigenvalue weighted by atomic mass is 16.6. The highest BCUT2D eigenvalue weighted by Crippen LogP contribution is 2.15. The molecule has 0 unspecified atom stereocenters. The third kappa shape index (κ3) is 7.75. The van der Waals surface area contributed by atoms with Crippen LogP contribution < -0.4 is 11.7 Å². The third-order valence-electron chi connectivity index (χ3n) is 2.15. The first-order valence-electron chi connectivity index (χ1n) is 6.88. The molecule has 0 aromatic heterocycles. The SMILES string of the molecule is CC(C)(C)OC(=O)c1ccc(C(=O)OC(C)(C)C)cc1.NN. The molecule has 6 nitrogen and oxygen atoms in total. The number of esters is 2. The molecule has 0 saturated carbocycles. The Kier molecular flexibility index (Phi) is 7.22. The summed E-state index contributed by atoms with van der Waals surface area (Å²) in [6.45, 7) is 10.8. The van der Waals surface area contributed by atoms with Gasteiger partial charge in [-0.15, -0.1) is 0 Å². The lowest BCUT2D eigenvalue weighted by atomic mass is 10.1. The zero-order valence-corrected chi connectivity index (χ0v) is 14.1. The molecular formula is C16H26N2O4. The van der Waals surface area contributed by atoms with Gasteiger partial charge in [0.05, 0.1) is 11.1 Å². The minimum atomic E-state index is -0.541. The number of hydrogen-bond donors (Lipinski definition) is 2. The average Bonchev–Trinajstić information content (AvgIpc) is 2.37. The smallest absolute Gasteiger partial charge is 0.338 e. The van der Waals surface area contributed by atoms with Crippen molar-refractivity contribution in [1.82, 2.24) is 0 Å². The molecule has 124 valence electrons. The molecule has 0 aliphatic heterocycles. The van der Waals surface area contributed by atoms with Gasteiger partial charge in [0.1, 0.15) is 11.2 Å². The van der Waals surface area contributed by atoms with Crippen LogP contribution in [-0.4, -0.2) is 23.1 Å². The number of benzene rings is 1. The summed E-state index contributed by atoms with van der Waals surface area (Å²) in [4.78, 5) is 23.7. The molecule has 1 rings (SSSR count). The summed E-state index contributed by atoms with van der Waals surface area (Å²) < 4.78 is 10.5. The van der Waals surface area contributed by atoms with Crippen molar-refractivity contribution >= 4 is 11.9 Å². The van der Waals surface area contributed by atoms with E-state index >= 15 is 0 Å². The molecule has 0 aliphatic rings. The first-order valence-corrected chi connectivity index (χ1v) is 6.88. The number of carbonyl (C=O) groups is 2. The van der Waals surface area contributed by atoms with Crippen LogP contribution in [0.4, 0.5) is 0 Å². The van der Waals surface area contributed by atoms with Crippen molar-refractivity contribution in [2.24, 2.45) is 11.7 Å². The van der Waals surface area contributed by atoms with Crippen molar-refractivity contribution in [2.75, 3.05) is 0 Å². The van der Waals surface area contributed by atoms with Crippen molar-refractivity contribution in [3.8, 4) is 0 Å². The minimum Gasteiger partial charge on any atom is -0.456 e. The van der Waals surface area contributed by atoms with Crippen LogP contribution in [0.2, 0.25) is 0 Å². The summed E-state index contributed by atoms with van der Waals surface area (Å²) in [5.41, 5.74) is -0.263. The molecule has 0 spiro atoms. The predicted octanol–water partition coefficient (Wildman–Crippen LogP) is 2.42. The number of ether oxygens (including phenoxy) is 2. The third-order valence-corrected chi connectivity index (χ3v) is 2.15. The summed E-state index contributed by atoms with van der Waals surface area (Å²) in [7, 11) is 0. The van der Waals surface area contributed by atoms with Crippen molar-refractivity contribution in [3.05, 3.63) is 35.4 Å². The van der Waals surface area contributed by atoms with E-state index in [0.29, 0.717) is 11.1 Å². The van der Waals surface area contributed by atoms with E-state index in [9.17, 15) is 9.59 Å². The normalized spacial score (nSPS) is 11.1. The Morgan fingerprint density at radius 2 is 0.955 bits per heavy atom. The number of nitrogens with two attached hydrogens (primary N) is 2. The van der Waals surface area contributed by atoms with Gasteiger partial charge in [0, 0.05) is 0 Å². The van der Waals surface area contributed by atoms with E-state index in [4.69, 9.17) is 9.47 Å². The van der Waals surface area contributed by atoms with Gasteiger partial charge in [0.15, 0.2) is 0 Å². The quantitative estimate of drug-likeness (QED) is 0.494. The van der Waals surface area contributed by atoms with Gasteiger partial charge in [-0.3, -0.25) is 11.7 Å². The van der Waals surface area contributed by atoms with Gasteiger partial charge in [-0.25, -0.2) is 9.59 Å². The van der Waals surface area contributed by atoms with Gasteiger partial charge in [0.2, 0.25) is 0 Å². The maximum absolute atomic E-state index is 11.8. The van der Waals surface area contributed by atoms with E-state index in [1.807, 2.05) is 0 Å². The maximum Gasteiger partial charge on any atom is 0.338 e. The topological polar surface area (TPSA) is 105 Å². The Morgan fingerprint density at radius 3 is 1.14 bits per heavy atom. The van der Waals surface area contributed by atoms with Crippen molar-refractivity contribution in [1.29, 1.82) is 0 Å². The van der Waals surface area contributed by atoms with Crippen LogP contribution in [0, 0.1) is 0 Å². The van der Waals surface area contributed by atoms with Crippen LogP contribution in [0.3, 0.4) is 0 Å². The van der Waals surface area contributed by atoms with E-state index in [0.717, 1.165) is 0 Å². The predicted molar refractivity (Wildman–Crippen MR) is 85.2 cm³/mol. The molecule has 6 heteroatoms. The molecule has 1 aromatic rings. The monoisotopic (exact) mass is 310 g/mol. The largest absolute Gasteiger partial charge is 0.456 e. The molecule has 1 aromatic carbocycles. The van der Waals surface area contributed by atoms with E-state index in [1.165, 1.54) is 0 Å². The van der Waals surface area contributed by atoms with Crippen molar-refractivity contribution in [2.45, 2.75) is 52.7 Å². The van der Waals surface area contributed by atoms with Crippen LogP contribution in [-0.2, 0) is 9.47 Å². The maximum atomic E-state index is 11.8. The Bertz CT molecular complexity index is 449. The fourth-order valence-electron chi connectivity index (χ4n) is 1.42. The lowest BCUT2D eigenvalue weighted by Gasteiger charge is -2.20. The molecule has 0 bridgehead atoms. The number of hydrogen-bond acceptors (Lipinski definition) is 6. The second-order valence-corrected chi connectivity index (χ2v) is 6.58. The zero-order chi connectivity index (χ0) is 17.6. The van der Waals surface area contributed by atoms with Gasteiger partial charge in [-0.05, 0) is 65.8 Å². The minimum absolute atomic E-state index is 0.409. The van der Waals surface area contributed by atoms with Gasteiger partial charge in [-0.1, -0.05) is 0 Å². The molecule has 4 N–H and O–H groups in total. The van der Waals surface area contributed by atoms with Crippen molar-refractivity contribution < 1.29 is 19.1 Å². The Morgan fingerprint density at radius 1 is 0.727 bits per heavy atom. The molecule has 0 aliphatic carbocycles. The van der Waals surface area contributed by atoms with E-state index in [2.05, 4.69) is 11.7 Å². The van der Waals surface area contributed by atoms with Crippen LogP contribution in [0.25, 0.3) is 0 Å². The average molecular weight is 310 g/mol. The van der Waals surface area contributed by atoms with Gasteiger partial charge in [-0.2, -0.15) is 0 Å². The highest BCUT2D eigenvalue weighted by Gasteiger charge is 2.20. The summed E-state index contributed by atoms with van der Waals surface area (Å²) >= 11 is 0. The summed E-state index contributed by atoms with van der Waals surface area (Å²) in [6.07, 6.45) is 0. The van der Waals surface area contributed by atoms with Crippen LogP contribution in [0.5, 0.6) is 0 Å². The van der Waals surface area contributed by atoms with E-state index < -0.39 is 23.1 Å². The first-order chi connectivity index (χ1) is 9.98. The number of carbonyl (C=O) groups excluding carboxylic acids is 2. The lowest BCUT2D eigenvalue weighted by Crippen LogP contribution is -2.24. The molecular weight excluding hydrogens is 284 g/mol. The number of rotatable bonds is 2. The van der Waals surface area contributed by atoms with E-state index in [-0.39, 0.29) is 0 Å². The second kappa shape index (κ2) is 7.91. The lowest BCUT2D eigenvalue weighted by molar-refractivity contribution is 0.00518. The molecule has 0 radical (unpaired) electrons. The summed E-state index contributed by atoms with van der Waals surface area (Å²) in [5.74, 6) is 7.18. The van der Waals surface area contributed by atoms with E-state index in [1.54, 1.807) is 65.8 Å². The first kappa shape index (κ1) is 20.1. The van der Waals surface area contributed by atoms with Crippen molar-refractivity contribution in [3.63, 3.8) is 0 Å². The zero-order valence-electron chi connectivity index (χ0n) is 14.1. The standard InChI is InChI=1S/C16H22O4.H4N2/c1-15(2,3)19-13(17)11-7-9-12(10-8-11)14(18)20-16(4,5)6;1-2/h7-10H,1-6H3;1-2H2. The fraction of sp³-hybridized carbons (Fsp3) is 0.500. The summed E-state index contributed by atoms with van der Waals surface area (Å²) in [6, 6.07) is 6.25. The molecule has 0 saturated heterocycles. The number of hydrazine groups is 1. The van der Waals surface area contributed by atoms with Gasteiger partial charge < -0.3 is 9.47 Å². The van der Waals surface area contributed by atoms with Crippen LogP contribution >= 0.6 is 0 Å². The van der Waals surface area contributed by atoms with Crippen LogP contribution in [0.1, 0.15) is 62.3 Å². The van der Waals surface area contributed by atoms with Gasteiger partial charge in [0.25, 0.3) is 0 Å². The molecule has 0 heterocycles. The Hall–Kier alpha value is -1.92. The molecule has 0 amide bonds. The second-order valence-electron chi connectivity index (χ2n) is 6.58. The Labute approximate surface area is 131 Å². The van der Waals surface area contributed by atoms with Gasteiger partial charge >= 0.3 is 11.9 Å². The van der Waals surface area contributed by atoms with Crippen LogP contribution in [0.15, 0.2) is 24.3 Å².